The van der Waals surface area contributed by atoms with Gasteiger partial charge in [0, 0.05) is 5.69 Å². The molecule has 4 nitrogen and oxygen atoms in total. The molecule has 0 fully saturated rings. The fraction of sp³-hybridized carbons (Fsp3) is 0.222. The van der Waals surface area contributed by atoms with Crippen molar-refractivity contribution in [2.75, 3.05) is 5.32 Å². The van der Waals surface area contributed by atoms with E-state index < -0.39 is 6.10 Å². The SMILES string of the molecule is CC(C)C(Oc1ccccc1C#N)C(=O)Nc1ccccc1. The fourth-order valence-corrected chi connectivity index (χ4v) is 2.03. The summed E-state index contributed by atoms with van der Waals surface area (Å²) in [6, 6.07) is 18.2. The number of anilines is 1. The molecule has 4 heteroatoms. The number of carbonyl (C=O) groups excluding carboxylic acids is 1. The van der Waals surface area contributed by atoms with Crippen LogP contribution in [-0.4, -0.2) is 12.0 Å². The molecule has 0 heterocycles. The molecule has 1 unspecified atom stereocenters. The summed E-state index contributed by atoms with van der Waals surface area (Å²) < 4.78 is 5.80. The maximum absolute atomic E-state index is 12.4. The molecule has 1 amide bonds. The average molecular weight is 294 g/mol. The number of nitrogens with one attached hydrogen (secondary N) is 1. The van der Waals surface area contributed by atoms with Gasteiger partial charge < -0.3 is 10.1 Å². The molecule has 1 atom stereocenters. The Labute approximate surface area is 130 Å². The predicted molar refractivity (Wildman–Crippen MR) is 85.5 cm³/mol. The molecule has 2 aromatic carbocycles. The number of rotatable bonds is 5. The summed E-state index contributed by atoms with van der Waals surface area (Å²) in [6.07, 6.45) is -0.672. The maximum atomic E-state index is 12.4. The van der Waals surface area contributed by atoms with Crippen LogP contribution in [0.4, 0.5) is 5.69 Å². The highest BCUT2D eigenvalue weighted by Gasteiger charge is 2.25. The lowest BCUT2D eigenvalue weighted by Crippen LogP contribution is -2.37. The van der Waals surface area contributed by atoms with Crippen molar-refractivity contribution in [1.29, 1.82) is 5.26 Å². The number of carbonyl (C=O) groups is 1. The smallest absolute Gasteiger partial charge is 0.265 e. The normalized spacial score (nSPS) is 11.5. The Morgan fingerprint density at radius 1 is 1.09 bits per heavy atom. The molecular weight excluding hydrogens is 276 g/mol. The van der Waals surface area contributed by atoms with Gasteiger partial charge in [-0.1, -0.05) is 44.2 Å². The molecule has 1 N–H and O–H groups in total. The lowest BCUT2D eigenvalue weighted by molar-refractivity contribution is -0.124. The van der Waals surface area contributed by atoms with E-state index in [0.717, 1.165) is 5.69 Å². The zero-order valence-corrected chi connectivity index (χ0v) is 12.6. The van der Waals surface area contributed by atoms with Crippen LogP contribution >= 0.6 is 0 Å². The zero-order valence-electron chi connectivity index (χ0n) is 12.6. The molecule has 0 aliphatic rings. The second kappa shape index (κ2) is 7.28. The van der Waals surface area contributed by atoms with Crippen molar-refractivity contribution in [2.45, 2.75) is 20.0 Å². The van der Waals surface area contributed by atoms with Gasteiger partial charge in [-0.25, -0.2) is 0 Å². The van der Waals surface area contributed by atoms with E-state index in [1.807, 2.05) is 44.2 Å². The van der Waals surface area contributed by atoms with Gasteiger partial charge in [-0.15, -0.1) is 0 Å². The van der Waals surface area contributed by atoms with Crippen LogP contribution in [-0.2, 0) is 4.79 Å². The van der Waals surface area contributed by atoms with Gasteiger partial charge in [-0.2, -0.15) is 5.26 Å². The quantitative estimate of drug-likeness (QED) is 0.916. The topological polar surface area (TPSA) is 62.1 Å². The standard InChI is InChI=1S/C18H18N2O2/c1-13(2)17(18(21)20-15-9-4-3-5-10-15)22-16-11-7-6-8-14(16)12-19/h3-11,13,17H,1-2H3,(H,20,21). The first kappa shape index (κ1) is 15.6. The van der Waals surface area contributed by atoms with Crippen LogP contribution in [0.3, 0.4) is 0 Å². The van der Waals surface area contributed by atoms with E-state index in [9.17, 15) is 4.79 Å². The van der Waals surface area contributed by atoms with Crippen molar-refractivity contribution in [3.05, 3.63) is 60.2 Å². The summed E-state index contributed by atoms with van der Waals surface area (Å²) >= 11 is 0. The Bertz CT molecular complexity index is 675. The lowest BCUT2D eigenvalue weighted by Gasteiger charge is -2.22. The lowest BCUT2D eigenvalue weighted by atomic mass is 10.1. The van der Waals surface area contributed by atoms with E-state index in [4.69, 9.17) is 10.00 Å². The van der Waals surface area contributed by atoms with Crippen LogP contribution in [0.1, 0.15) is 19.4 Å². The molecule has 0 radical (unpaired) electrons. The molecule has 0 aromatic heterocycles. The van der Waals surface area contributed by atoms with Gasteiger partial charge >= 0.3 is 0 Å². The number of benzene rings is 2. The highest BCUT2D eigenvalue weighted by molar-refractivity contribution is 5.94. The van der Waals surface area contributed by atoms with Crippen LogP contribution in [0.25, 0.3) is 0 Å². The van der Waals surface area contributed by atoms with E-state index in [1.165, 1.54) is 0 Å². The molecule has 0 saturated carbocycles. The van der Waals surface area contributed by atoms with E-state index in [0.29, 0.717) is 11.3 Å². The van der Waals surface area contributed by atoms with Crippen molar-refractivity contribution >= 4 is 11.6 Å². The van der Waals surface area contributed by atoms with Crippen LogP contribution in [0.2, 0.25) is 0 Å². The third-order valence-electron chi connectivity index (χ3n) is 3.17. The van der Waals surface area contributed by atoms with Gasteiger partial charge in [0.2, 0.25) is 0 Å². The molecule has 0 aliphatic heterocycles. The summed E-state index contributed by atoms with van der Waals surface area (Å²) in [6.45, 7) is 3.81. The number of amides is 1. The summed E-state index contributed by atoms with van der Waals surface area (Å²) in [5.41, 5.74) is 1.14. The highest BCUT2D eigenvalue weighted by atomic mass is 16.5. The van der Waals surface area contributed by atoms with E-state index in [1.54, 1.807) is 24.3 Å². The van der Waals surface area contributed by atoms with Gasteiger partial charge in [0.25, 0.3) is 5.91 Å². The van der Waals surface area contributed by atoms with Gasteiger partial charge in [-0.05, 0) is 30.2 Å². The second-order valence-electron chi connectivity index (χ2n) is 5.25. The summed E-state index contributed by atoms with van der Waals surface area (Å²) in [4.78, 5) is 12.4. The van der Waals surface area contributed by atoms with Crippen LogP contribution in [0, 0.1) is 17.2 Å². The fourth-order valence-electron chi connectivity index (χ4n) is 2.03. The van der Waals surface area contributed by atoms with Crippen LogP contribution < -0.4 is 10.1 Å². The first-order chi connectivity index (χ1) is 10.6. The van der Waals surface area contributed by atoms with Crippen molar-refractivity contribution in [2.24, 2.45) is 5.92 Å². The number of para-hydroxylation sites is 2. The van der Waals surface area contributed by atoms with Crippen molar-refractivity contribution < 1.29 is 9.53 Å². The highest BCUT2D eigenvalue weighted by Crippen LogP contribution is 2.21. The number of nitriles is 1. The van der Waals surface area contributed by atoms with Gasteiger partial charge in [-0.3, -0.25) is 4.79 Å². The molecule has 0 saturated heterocycles. The number of nitrogens with zero attached hydrogens (tertiary/aromatic N) is 1. The minimum absolute atomic E-state index is 0.0320. The first-order valence-corrected chi connectivity index (χ1v) is 7.13. The largest absolute Gasteiger partial charge is 0.479 e. The van der Waals surface area contributed by atoms with Crippen LogP contribution in [0.5, 0.6) is 5.75 Å². The Kier molecular flexibility index (Phi) is 5.16. The second-order valence-corrected chi connectivity index (χ2v) is 5.25. The monoisotopic (exact) mass is 294 g/mol. The Hall–Kier alpha value is -2.80. The Morgan fingerprint density at radius 2 is 1.73 bits per heavy atom. The Morgan fingerprint density at radius 3 is 2.36 bits per heavy atom. The molecule has 2 rings (SSSR count). The third kappa shape index (κ3) is 3.86. The summed E-state index contributed by atoms with van der Waals surface area (Å²) in [5, 5.41) is 11.9. The average Bonchev–Trinajstić information content (AvgIpc) is 2.53. The van der Waals surface area contributed by atoms with Crippen molar-refractivity contribution in [3.8, 4) is 11.8 Å². The minimum Gasteiger partial charge on any atom is -0.479 e. The first-order valence-electron chi connectivity index (χ1n) is 7.13. The van der Waals surface area contributed by atoms with Crippen LogP contribution in [0.15, 0.2) is 54.6 Å². The molecule has 0 bridgehead atoms. The minimum atomic E-state index is -0.672. The zero-order chi connectivity index (χ0) is 15.9. The third-order valence-corrected chi connectivity index (χ3v) is 3.17. The molecule has 112 valence electrons. The maximum Gasteiger partial charge on any atom is 0.265 e. The number of ether oxygens (including phenoxy) is 1. The van der Waals surface area contributed by atoms with E-state index in [2.05, 4.69) is 11.4 Å². The number of hydrogen-bond acceptors (Lipinski definition) is 3. The molecular formula is C18H18N2O2. The summed E-state index contributed by atoms with van der Waals surface area (Å²) in [5.74, 6) is 0.163. The predicted octanol–water partition coefficient (Wildman–Crippen LogP) is 3.60. The summed E-state index contributed by atoms with van der Waals surface area (Å²) in [7, 11) is 0. The Balaban J connectivity index is 2.16. The molecule has 0 spiro atoms. The number of hydrogen-bond donors (Lipinski definition) is 1. The van der Waals surface area contributed by atoms with Crippen molar-refractivity contribution in [1.82, 2.24) is 0 Å². The molecule has 2 aromatic rings. The molecule has 22 heavy (non-hydrogen) atoms. The molecule has 0 aliphatic carbocycles. The van der Waals surface area contributed by atoms with E-state index >= 15 is 0 Å². The van der Waals surface area contributed by atoms with Gasteiger partial charge in [0.1, 0.15) is 11.8 Å². The van der Waals surface area contributed by atoms with E-state index in [-0.39, 0.29) is 11.8 Å². The van der Waals surface area contributed by atoms with Gasteiger partial charge in [0.05, 0.1) is 5.56 Å². The van der Waals surface area contributed by atoms with Gasteiger partial charge in [0.15, 0.2) is 6.10 Å². The van der Waals surface area contributed by atoms with Crippen molar-refractivity contribution in [3.63, 3.8) is 0 Å².